The third-order valence-corrected chi connectivity index (χ3v) is 4.68. The molecule has 1 fully saturated rings. The highest BCUT2D eigenvalue weighted by molar-refractivity contribution is 7.19. The smallest absolute Gasteiger partial charge is 0.189 e. The zero-order valence-corrected chi connectivity index (χ0v) is 14.4. The van der Waals surface area contributed by atoms with E-state index in [1.807, 2.05) is 13.0 Å². The van der Waals surface area contributed by atoms with E-state index in [0.29, 0.717) is 15.3 Å². The Bertz CT molecular complexity index is 658. The average molecular weight is 355 g/mol. The summed E-state index contributed by atoms with van der Waals surface area (Å²) in [4.78, 5) is 17.6. The van der Waals surface area contributed by atoms with Crippen molar-refractivity contribution in [3.05, 3.63) is 22.4 Å². The minimum Gasteiger partial charge on any atom is -0.395 e. The summed E-state index contributed by atoms with van der Waals surface area (Å²) in [6, 6.07) is 1.93. The van der Waals surface area contributed by atoms with Gasteiger partial charge < -0.3 is 15.3 Å². The van der Waals surface area contributed by atoms with E-state index < -0.39 is 0 Å². The van der Waals surface area contributed by atoms with Crippen molar-refractivity contribution in [1.82, 2.24) is 19.9 Å². The van der Waals surface area contributed by atoms with Crippen LogP contribution in [0.15, 0.2) is 12.3 Å². The van der Waals surface area contributed by atoms with E-state index in [1.54, 1.807) is 6.20 Å². The number of nitrogens with zero attached hydrogens (tertiary/aromatic N) is 5. The highest BCUT2D eigenvalue weighted by atomic mass is 35.5. The minimum atomic E-state index is 0.205. The molecule has 0 unspecified atom stereocenters. The van der Waals surface area contributed by atoms with Gasteiger partial charge in [0.25, 0.3) is 0 Å². The Morgan fingerprint density at radius 2 is 2.09 bits per heavy atom. The third kappa shape index (κ3) is 4.29. The van der Waals surface area contributed by atoms with Crippen LogP contribution in [0, 0.1) is 6.92 Å². The van der Waals surface area contributed by atoms with Crippen molar-refractivity contribution in [2.24, 2.45) is 0 Å². The van der Waals surface area contributed by atoms with E-state index in [-0.39, 0.29) is 6.61 Å². The van der Waals surface area contributed by atoms with Gasteiger partial charge in [0.15, 0.2) is 5.13 Å². The summed E-state index contributed by atoms with van der Waals surface area (Å²) in [5.41, 5.74) is 0. The van der Waals surface area contributed by atoms with Gasteiger partial charge in [-0.05, 0) is 6.92 Å². The predicted octanol–water partition coefficient (Wildman–Crippen LogP) is 1.75. The van der Waals surface area contributed by atoms with Gasteiger partial charge in [0.1, 0.15) is 21.8 Å². The van der Waals surface area contributed by atoms with E-state index in [1.165, 1.54) is 11.3 Å². The number of rotatable bonds is 5. The van der Waals surface area contributed by atoms with E-state index in [4.69, 9.17) is 16.7 Å². The number of aryl methyl sites for hydroxylation is 1. The van der Waals surface area contributed by atoms with Gasteiger partial charge >= 0.3 is 0 Å². The van der Waals surface area contributed by atoms with Crippen molar-refractivity contribution in [2.45, 2.75) is 6.92 Å². The van der Waals surface area contributed by atoms with Gasteiger partial charge in [-0.2, -0.15) is 0 Å². The Kier molecular flexibility index (Phi) is 5.27. The summed E-state index contributed by atoms with van der Waals surface area (Å²) in [6.07, 6.45) is 1.61. The first-order valence-electron chi connectivity index (χ1n) is 7.46. The molecule has 7 nitrogen and oxygen atoms in total. The quantitative estimate of drug-likeness (QED) is 0.847. The summed E-state index contributed by atoms with van der Waals surface area (Å²) in [6.45, 7) is 6.44. The molecule has 0 aromatic carbocycles. The van der Waals surface area contributed by atoms with Gasteiger partial charge in [-0.25, -0.2) is 15.0 Å². The molecule has 1 aliphatic rings. The summed E-state index contributed by atoms with van der Waals surface area (Å²) >= 11 is 7.28. The molecule has 3 heterocycles. The maximum Gasteiger partial charge on any atom is 0.189 e. The Labute approximate surface area is 144 Å². The largest absolute Gasteiger partial charge is 0.395 e. The lowest BCUT2D eigenvalue weighted by atomic mass is 10.3. The number of halogens is 1. The number of anilines is 3. The fraction of sp³-hybridized carbons (Fsp3) is 0.500. The van der Waals surface area contributed by atoms with Crippen molar-refractivity contribution in [3.8, 4) is 0 Å². The van der Waals surface area contributed by atoms with Crippen LogP contribution in [0.3, 0.4) is 0 Å². The maximum absolute atomic E-state index is 9.02. The summed E-state index contributed by atoms with van der Waals surface area (Å²) in [7, 11) is 0. The molecule has 0 saturated carbocycles. The Morgan fingerprint density at radius 3 is 2.74 bits per heavy atom. The van der Waals surface area contributed by atoms with Crippen LogP contribution in [0.4, 0.5) is 16.8 Å². The molecule has 2 aromatic rings. The number of aliphatic hydroxyl groups is 1. The molecular weight excluding hydrogens is 336 g/mol. The number of piperazine rings is 1. The molecular formula is C14H19ClN6OS. The maximum atomic E-state index is 9.02. The highest BCUT2D eigenvalue weighted by Gasteiger charge is 2.18. The summed E-state index contributed by atoms with van der Waals surface area (Å²) < 4.78 is 0.638. The molecule has 2 N–H and O–H groups in total. The molecule has 2 aromatic heterocycles. The zero-order valence-electron chi connectivity index (χ0n) is 12.9. The molecule has 0 spiro atoms. The van der Waals surface area contributed by atoms with Crippen molar-refractivity contribution >= 4 is 39.7 Å². The van der Waals surface area contributed by atoms with Crippen LogP contribution in [0.25, 0.3) is 0 Å². The number of thiazole rings is 1. The van der Waals surface area contributed by atoms with Gasteiger partial charge in [0, 0.05) is 38.8 Å². The van der Waals surface area contributed by atoms with Crippen molar-refractivity contribution in [1.29, 1.82) is 0 Å². The van der Waals surface area contributed by atoms with E-state index in [2.05, 4.69) is 30.1 Å². The van der Waals surface area contributed by atoms with Crippen LogP contribution < -0.4 is 10.2 Å². The first kappa shape index (κ1) is 16.4. The van der Waals surface area contributed by atoms with Crippen molar-refractivity contribution in [3.63, 3.8) is 0 Å². The predicted molar refractivity (Wildman–Crippen MR) is 92.9 cm³/mol. The molecule has 0 atom stereocenters. The molecule has 23 heavy (non-hydrogen) atoms. The standard InChI is InChI=1S/C14H19ClN6OS/c1-10-17-12(19-14-16-9-11(15)23-14)8-13(18-10)21-4-2-20(3-5-21)6-7-22/h8-9,22H,2-7H2,1H3,(H,16,17,18,19). The molecule has 0 bridgehead atoms. The molecule has 0 amide bonds. The van der Waals surface area contributed by atoms with E-state index in [0.717, 1.165) is 44.4 Å². The number of nitrogens with one attached hydrogen (secondary N) is 1. The van der Waals surface area contributed by atoms with Gasteiger partial charge in [-0.3, -0.25) is 4.90 Å². The second kappa shape index (κ2) is 7.39. The normalized spacial score (nSPS) is 15.9. The van der Waals surface area contributed by atoms with Crippen LogP contribution in [0.1, 0.15) is 5.82 Å². The number of hydrogen-bond acceptors (Lipinski definition) is 8. The average Bonchev–Trinajstić information content (AvgIpc) is 2.93. The fourth-order valence-corrected chi connectivity index (χ4v) is 3.36. The molecule has 124 valence electrons. The van der Waals surface area contributed by atoms with Crippen LogP contribution >= 0.6 is 22.9 Å². The summed E-state index contributed by atoms with van der Waals surface area (Å²) in [5.74, 6) is 2.34. The van der Waals surface area contributed by atoms with Gasteiger partial charge in [-0.15, -0.1) is 0 Å². The highest BCUT2D eigenvalue weighted by Crippen LogP contribution is 2.26. The Morgan fingerprint density at radius 1 is 1.30 bits per heavy atom. The first-order valence-corrected chi connectivity index (χ1v) is 8.65. The zero-order chi connectivity index (χ0) is 16.2. The molecule has 0 radical (unpaired) electrons. The molecule has 3 rings (SSSR count). The van der Waals surface area contributed by atoms with E-state index in [9.17, 15) is 0 Å². The van der Waals surface area contributed by atoms with Crippen LogP contribution in [-0.4, -0.2) is 64.3 Å². The van der Waals surface area contributed by atoms with Gasteiger partial charge in [-0.1, -0.05) is 22.9 Å². The Balaban J connectivity index is 1.70. The second-order valence-electron chi connectivity index (χ2n) is 5.31. The lowest BCUT2D eigenvalue weighted by Gasteiger charge is -2.35. The summed E-state index contributed by atoms with van der Waals surface area (Å²) in [5, 5.41) is 12.9. The fourth-order valence-electron chi connectivity index (χ4n) is 2.54. The van der Waals surface area contributed by atoms with Crippen molar-refractivity contribution in [2.75, 3.05) is 49.5 Å². The lowest BCUT2D eigenvalue weighted by molar-refractivity contribution is 0.188. The van der Waals surface area contributed by atoms with Gasteiger partial charge in [0.05, 0.1) is 12.8 Å². The minimum absolute atomic E-state index is 0.205. The number of aliphatic hydroxyl groups excluding tert-OH is 1. The number of hydrogen-bond donors (Lipinski definition) is 2. The van der Waals surface area contributed by atoms with Crippen molar-refractivity contribution < 1.29 is 5.11 Å². The van der Waals surface area contributed by atoms with Crippen LogP contribution in [-0.2, 0) is 0 Å². The molecule has 1 saturated heterocycles. The topological polar surface area (TPSA) is 77.4 Å². The number of aromatic nitrogens is 3. The lowest BCUT2D eigenvalue weighted by Crippen LogP contribution is -2.47. The Hall–Kier alpha value is -1.48. The van der Waals surface area contributed by atoms with Crippen LogP contribution in [0.2, 0.25) is 4.34 Å². The molecule has 1 aliphatic heterocycles. The van der Waals surface area contributed by atoms with Crippen LogP contribution in [0.5, 0.6) is 0 Å². The monoisotopic (exact) mass is 354 g/mol. The van der Waals surface area contributed by atoms with E-state index >= 15 is 0 Å². The van der Waals surface area contributed by atoms with Gasteiger partial charge in [0.2, 0.25) is 0 Å². The SMILES string of the molecule is Cc1nc(Nc2ncc(Cl)s2)cc(N2CCN(CCO)CC2)n1. The first-order chi connectivity index (χ1) is 11.1. The molecule has 9 heteroatoms. The third-order valence-electron chi connectivity index (χ3n) is 3.65. The number of β-amino-alcohol motifs (C(OH)–C–C–N with tert-alkyl or cyclic N) is 1. The second-order valence-corrected chi connectivity index (χ2v) is 6.97. The molecule has 0 aliphatic carbocycles.